The number of rotatable bonds is 2. The van der Waals surface area contributed by atoms with Gasteiger partial charge in [0.2, 0.25) is 0 Å². The van der Waals surface area contributed by atoms with Gasteiger partial charge in [-0.05, 0) is 22.4 Å². The maximum atomic E-state index is 5.75. The van der Waals surface area contributed by atoms with Crippen molar-refractivity contribution in [1.82, 2.24) is 0 Å². The Balaban J connectivity index is 1.97. The minimum absolute atomic E-state index is 0.923. The quantitative estimate of drug-likeness (QED) is 0.451. The molecular formula is C20H14O. The lowest BCUT2D eigenvalue weighted by Gasteiger charge is -2.07. The van der Waals surface area contributed by atoms with Crippen molar-refractivity contribution in [3.8, 4) is 22.5 Å². The van der Waals surface area contributed by atoms with Crippen LogP contribution >= 0.6 is 0 Å². The predicted octanol–water partition coefficient (Wildman–Crippen LogP) is 5.77. The molecule has 0 aliphatic heterocycles. The Morgan fingerprint density at radius 3 is 2.24 bits per heavy atom. The van der Waals surface area contributed by atoms with Crippen LogP contribution in [0.4, 0.5) is 0 Å². The van der Waals surface area contributed by atoms with Crippen LogP contribution in [0, 0.1) is 0 Å². The van der Waals surface area contributed by atoms with Gasteiger partial charge in [0.25, 0.3) is 0 Å². The molecule has 0 saturated heterocycles. The summed E-state index contributed by atoms with van der Waals surface area (Å²) in [7, 11) is 0. The molecule has 1 heterocycles. The zero-order chi connectivity index (χ0) is 14.1. The Morgan fingerprint density at radius 2 is 1.33 bits per heavy atom. The maximum absolute atomic E-state index is 5.75. The first kappa shape index (κ1) is 12.0. The van der Waals surface area contributed by atoms with Gasteiger partial charge in [-0.3, -0.25) is 0 Å². The molecule has 0 spiro atoms. The van der Waals surface area contributed by atoms with E-state index < -0.39 is 0 Å². The van der Waals surface area contributed by atoms with Gasteiger partial charge >= 0.3 is 0 Å². The topological polar surface area (TPSA) is 13.1 Å². The van der Waals surface area contributed by atoms with E-state index in [1.165, 1.54) is 16.3 Å². The Hall–Kier alpha value is -2.80. The largest absolute Gasteiger partial charge is 0.464 e. The van der Waals surface area contributed by atoms with Gasteiger partial charge < -0.3 is 4.42 Å². The van der Waals surface area contributed by atoms with Gasteiger partial charge in [-0.25, -0.2) is 0 Å². The van der Waals surface area contributed by atoms with E-state index in [0.29, 0.717) is 0 Å². The highest BCUT2D eigenvalue weighted by atomic mass is 16.3. The molecule has 0 saturated carbocycles. The minimum atomic E-state index is 0.923. The van der Waals surface area contributed by atoms with Crippen LogP contribution in [0.25, 0.3) is 33.2 Å². The highest BCUT2D eigenvalue weighted by Crippen LogP contribution is 2.36. The summed E-state index contributed by atoms with van der Waals surface area (Å²) in [5, 5.41) is 2.49. The zero-order valence-corrected chi connectivity index (χ0v) is 11.5. The smallest absolute Gasteiger partial charge is 0.141 e. The molecule has 0 aliphatic carbocycles. The van der Waals surface area contributed by atoms with Crippen molar-refractivity contribution in [2.24, 2.45) is 0 Å². The number of fused-ring (bicyclic) bond motifs is 1. The average molecular weight is 270 g/mol. The molecule has 0 amide bonds. The van der Waals surface area contributed by atoms with Crippen LogP contribution in [0.1, 0.15) is 0 Å². The van der Waals surface area contributed by atoms with E-state index in [1.54, 1.807) is 6.26 Å². The molecule has 0 radical (unpaired) electrons. The third-order valence-electron chi connectivity index (χ3n) is 3.78. The highest BCUT2D eigenvalue weighted by Gasteiger charge is 2.12. The SMILES string of the molecule is c1ccc(-c2occc2-c2cccc3ccccc23)cc1. The van der Waals surface area contributed by atoms with E-state index >= 15 is 0 Å². The van der Waals surface area contributed by atoms with Gasteiger partial charge in [0.15, 0.2) is 0 Å². The number of hydrogen-bond acceptors (Lipinski definition) is 1. The van der Waals surface area contributed by atoms with E-state index in [0.717, 1.165) is 16.9 Å². The molecule has 0 fully saturated rings. The fourth-order valence-corrected chi connectivity index (χ4v) is 2.79. The van der Waals surface area contributed by atoms with Crippen molar-refractivity contribution >= 4 is 10.8 Å². The number of furan rings is 1. The van der Waals surface area contributed by atoms with E-state index in [4.69, 9.17) is 4.42 Å². The lowest BCUT2D eigenvalue weighted by molar-refractivity contribution is 0.583. The van der Waals surface area contributed by atoms with Crippen molar-refractivity contribution in [2.75, 3.05) is 0 Å². The summed E-state index contributed by atoms with van der Waals surface area (Å²) in [6.45, 7) is 0. The van der Waals surface area contributed by atoms with Gasteiger partial charge in [-0.15, -0.1) is 0 Å². The molecule has 0 aliphatic rings. The van der Waals surface area contributed by atoms with Crippen molar-refractivity contribution < 1.29 is 4.42 Å². The summed E-state index contributed by atoms with van der Waals surface area (Å²) in [5.74, 6) is 0.923. The second-order valence-corrected chi connectivity index (χ2v) is 5.06. The van der Waals surface area contributed by atoms with Crippen molar-refractivity contribution in [3.63, 3.8) is 0 Å². The number of hydrogen-bond donors (Lipinski definition) is 0. The minimum Gasteiger partial charge on any atom is -0.464 e. The molecule has 0 atom stereocenters. The van der Waals surface area contributed by atoms with Gasteiger partial charge in [-0.1, -0.05) is 72.8 Å². The maximum Gasteiger partial charge on any atom is 0.141 e. The highest BCUT2D eigenvalue weighted by molar-refractivity contribution is 5.99. The summed E-state index contributed by atoms with van der Waals surface area (Å²) in [4.78, 5) is 0. The third-order valence-corrected chi connectivity index (χ3v) is 3.78. The van der Waals surface area contributed by atoms with Crippen molar-refractivity contribution in [1.29, 1.82) is 0 Å². The second kappa shape index (κ2) is 4.95. The molecule has 0 bridgehead atoms. The van der Waals surface area contributed by atoms with Crippen LogP contribution in [0.15, 0.2) is 89.5 Å². The molecule has 3 aromatic carbocycles. The standard InChI is InChI=1S/C20H14O/c1-2-8-16(9-3-1)20-19(13-14-21-20)18-12-6-10-15-7-4-5-11-17(15)18/h1-14H. The third kappa shape index (κ3) is 2.03. The van der Waals surface area contributed by atoms with E-state index in [2.05, 4.69) is 54.6 Å². The van der Waals surface area contributed by atoms with Gasteiger partial charge in [0.05, 0.1) is 6.26 Å². The molecule has 4 aromatic rings. The lowest BCUT2D eigenvalue weighted by Crippen LogP contribution is -1.82. The molecule has 4 rings (SSSR count). The molecule has 1 aromatic heterocycles. The monoisotopic (exact) mass is 270 g/mol. The molecule has 0 unspecified atom stereocenters. The zero-order valence-electron chi connectivity index (χ0n) is 11.5. The Bertz CT molecular complexity index is 883. The molecule has 0 N–H and O–H groups in total. The van der Waals surface area contributed by atoms with Crippen LogP contribution in [0.2, 0.25) is 0 Å². The van der Waals surface area contributed by atoms with E-state index in [1.807, 2.05) is 24.3 Å². The lowest BCUT2D eigenvalue weighted by atomic mass is 9.96. The first-order valence-corrected chi connectivity index (χ1v) is 7.04. The van der Waals surface area contributed by atoms with Gasteiger partial charge in [0, 0.05) is 11.1 Å². The van der Waals surface area contributed by atoms with Crippen LogP contribution in [0.5, 0.6) is 0 Å². The molecule has 21 heavy (non-hydrogen) atoms. The predicted molar refractivity (Wildman–Crippen MR) is 87.1 cm³/mol. The van der Waals surface area contributed by atoms with Gasteiger partial charge in [0.1, 0.15) is 5.76 Å². The molecule has 1 heteroatoms. The Labute approximate surface area is 123 Å². The normalized spacial score (nSPS) is 10.9. The first-order chi connectivity index (χ1) is 10.4. The number of benzene rings is 3. The Kier molecular flexibility index (Phi) is 2.82. The summed E-state index contributed by atoms with van der Waals surface area (Å²) >= 11 is 0. The first-order valence-electron chi connectivity index (χ1n) is 7.04. The molecule has 1 nitrogen and oxygen atoms in total. The fraction of sp³-hybridized carbons (Fsp3) is 0. The molecule has 100 valence electrons. The summed E-state index contributed by atoms with van der Waals surface area (Å²) in [6.07, 6.45) is 1.76. The van der Waals surface area contributed by atoms with Crippen LogP contribution in [-0.4, -0.2) is 0 Å². The Morgan fingerprint density at radius 1 is 0.571 bits per heavy atom. The summed E-state index contributed by atoms with van der Waals surface area (Å²) in [5.41, 5.74) is 3.45. The second-order valence-electron chi connectivity index (χ2n) is 5.06. The fourth-order valence-electron chi connectivity index (χ4n) is 2.79. The summed E-state index contributed by atoms with van der Waals surface area (Å²) < 4.78 is 5.75. The van der Waals surface area contributed by atoms with Crippen molar-refractivity contribution in [2.45, 2.75) is 0 Å². The van der Waals surface area contributed by atoms with Crippen molar-refractivity contribution in [3.05, 3.63) is 85.1 Å². The average Bonchev–Trinajstić information content (AvgIpc) is 3.04. The molecular weight excluding hydrogens is 256 g/mol. The summed E-state index contributed by atoms with van der Waals surface area (Å²) in [6, 6.07) is 27.1. The van der Waals surface area contributed by atoms with Crippen LogP contribution < -0.4 is 0 Å². The van der Waals surface area contributed by atoms with Crippen LogP contribution in [-0.2, 0) is 0 Å². The van der Waals surface area contributed by atoms with E-state index in [-0.39, 0.29) is 0 Å². The van der Waals surface area contributed by atoms with Gasteiger partial charge in [-0.2, -0.15) is 0 Å². The van der Waals surface area contributed by atoms with E-state index in [9.17, 15) is 0 Å². The van der Waals surface area contributed by atoms with Crippen LogP contribution in [0.3, 0.4) is 0 Å².